The van der Waals surface area contributed by atoms with Crippen molar-refractivity contribution in [3.8, 4) is 11.1 Å². The molecule has 0 aliphatic carbocycles. The summed E-state index contributed by atoms with van der Waals surface area (Å²) < 4.78 is 11.1. The van der Waals surface area contributed by atoms with Crippen LogP contribution in [-0.4, -0.2) is 47.7 Å². The number of hydrogen-bond donors (Lipinski definition) is 3. The third kappa shape index (κ3) is 8.81. The Kier molecular flexibility index (Phi) is 10.8. The van der Waals surface area contributed by atoms with E-state index in [1.165, 1.54) is 11.8 Å². The van der Waals surface area contributed by atoms with Gasteiger partial charge in [-0.25, -0.2) is 9.59 Å². The number of benzene rings is 3. The van der Waals surface area contributed by atoms with E-state index < -0.39 is 42.6 Å². The molecule has 4 rings (SSSR count). The predicted molar refractivity (Wildman–Crippen MR) is 176 cm³/mol. The van der Waals surface area contributed by atoms with Crippen LogP contribution in [0.15, 0.2) is 82.6 Å². The van der Waals surface area contributed by atoms with Crippen molar-refractivity contribution in [2.24, 2.45) is 0 Å². The molecule has 234 valence electrons. The van der Waals surface area contributed by atoms with Crippen LogP contribution < -0.4 is 10.6 Å². The number of anilines is 2. The number of thiophene rings is 1. The molecule has 0 spiro atoms. The Bertz CT molecular complexity index is 1710. The monoisotopic (exact) mass is 646 g/mol. The van der Waals surface area contributed by atoms with Gasteiger partial charge in [0.15, 0.2) is 0 Å². The van der Waals surface area contributed by atoms with E-state index in [9.17, 15) is 24.3 Å². The molecule has 4 aromatic rings. The summed E-state index contributed by atoms with van der Waals surface area (Å²) in [5.41, 5.74) is 1.78. The lowest BCUT2D eigenvalue weighted by Crippen LogP contribution is -2.27. The van der Waals surface area contributed by atoms with Crippen LogP contribution in [0, 0.1) is 13.8 Å². The first-order valence-electron chi connectivity index (χ1n) is 14.0. The Morgan fingerprint density at radius 2 is 1.42 bits per heavy atom. The van der Waals surface area contributed by atoms with Crippen molar-refractivity contribution in [3.63, 3.8) is 0 Å². The number of carboxylic acids is 1. The fourth-order valence-corrected chi connectivity index (χ4v) is 6.57. The van der Waals surface area contributed by atoms with Crippen molar-refractivity contribution in [3.05, 3.63) is 94.4 Å². The number of carbonyl (C=O) groups is 4. The molecule has 3 aromatic carbocycles. The van der Waals surface area contributed by atoms with Gasteiger partial charge in [0.2, 0.25) is 5.91 Å². The van der Waals surface area contributed by atoms with Gasteiger partial charge in [0.25, 0.3) is 5.91 Å². The molecule has 0 aliphatic heterocycles. The van der Waals surface area contributed by atoms with E-state index in [1.54, 1.807) is 52.0 Å². The smallest absolute Gasteiger partial charge is 0.341 e. The molecule has 1 aromatic heterocycles. The highest BCUT2D eigenvalue weighted by atomic mass is 32.2. The van der Waals surface area contributed by atoms with Gasteiger partial charge in [0, 0.05) is 20.2 Å². The Morgan fingerprint density at radius 1 is 0.822 bits per heavy atom. The van der Waals surface area contributed by atoms with E-state index in [-0.39, 0.29) is 21.8 Å². The molecule has 9 nitrogen and oxygen atoms in total. The molecule has 11 heteroatoms. The molecule has 1 heterocycles. The van der Waals surface area contributed by atoms with Gasteiger partial charge in [-0.05, 0) is 63.9 Å². The summed E-state index contributed by atoms with van der Waals surface area (Å²) in [6.45, 7) is 7.98. The van der Waals surface area contributed by atoms with Gasteiger partial charge in [-0.1, -0.05) is 66.4 Å². The fraction of sp³-hybridized carbons (Fsp3) is 0.235. The number of nitrogens with one attached hydrogen (secondary N) is 2. The van der Waals surface area contributed by atoms with Crippen molar-refractivity contribution < 1.29 is 33.8 Å². The fourth-order valence-electron chi connectivity index (χ4n) is 4.44. The summed E-state index contributed by atoms with van der Waals surface area (Å²) in [5.74, 6) is -2.96. The minimum atomic E-state index is -1.17. The lowest BCUT2D eigenvalue weighted by atomic mass is 10.0. The van der Waals surface area contributed by atoms with Gasteiger partial charge in [0.05, 0.1) is 11.3 Å². The average Bonchev–Trinajstić information content (AvgIpc) is 3.30. The summed E-state index contributed by atoms with van der Waals surface area (Å²) in [4.78, 5) is 53.4. The molecule has 2 amide bonds. The van der Waals surface area contributed by atoms with Gasteiger partial charge in [0.1, 0.15) is 29.4 Å². The van der Waals surface area contributed by atoms with Crippen LogP contribution in [0.25, 0.3) is 11.1 Å². The summed E-state index contributed by atoms with van der Waals surface area (Å²) in [6, 6.07) is 22.0. The van der Waals surface area contributed by atoms with Gasteiger partial charge in [-0.15, -0.1) is 11.3 Å². The number of ether oxygens (including phenoxy) is 2. The predicted octanol–water partition coefficient (Wildman–Crippen LogP) is 7.43. The van der Waals surface area contributed by atoms with Crippen LogP contribution >= 0.6 is 23.1 Å². The van der Waals surface area contributed by atoms with Gasteiger partial charge >= 0.3 is 11.9 Å². The van der Waals surface area contributed by atoms with Crippen LogP contribution in [0.3, 0.4) is 0 Å². The Morgan fingerprint density at radius 3 is 2.02 bits per heavy atom. The third-order valence-electron chi connectivity index (χ3n) is 6.27. The van der Waals surface area contributed by atoms with E-state index in [1.807, 2.05) is 55.5 Å². The number of esters is 1. The molecule has 0 atom stereocenters. The molecule has 0 saturated heterocycles. The standard InChI is InChI=1S/C34H34N2O7S2/c1-20-16-17-24(28(33(41)43-34(3,4)5)30(20)45-23-14-10-7-11-15-23)35-25(37)18-42-19-26(38)36-31-29(32(39)40)27(21(2)44-31)22-12-8-6-9-13-22/h6-17H,18-19H2,1-5H3,(H,35,37)(H,36,38)(H,39,40). The maximum Gasteiger partial charge on any atom is 0.341 e. The zero-order valence-corrected chi connectivity index (χ0v) is 27.2. The molecule has 0 fully saturated rings. The molecular formula is C34H34N2O7S2. The second kappa shape index (κ2) is 14.6. The summed E-state index contributed by atoms with van der Waals surface area (Å²) >= 11 is 2.54. The number of carbonyl (C=O) groups excluding carboxylic acids is 3. The van der Waals surface area contributed by atoms with E-state index >= 15 is 0 Å². The molecule has 0 unspecified atom stereocenters. The second-order valence-electron chi connectivity index (χ2n) is 11.0. The highest BCUT2D eigenvalue weighted by Gasteiger charge is 2.27. The topological polar surface area (TPSA) is 131 Å². The van der Waals surface area contributed by atoms with Crippen LogP contribution in [0.2, 0.25) is 0 Å². The summed E-state index contributed by atoms with van der Waals surface area (Å²) in [6.07, 6.45) is 0. The van der Waals surface area contributed by atoms with E-state index in [2.05, 4.69) is 10.6 Å². The van der Waals surface area contributed by atoms with E-state index in [0.29, 0.717) is 10.5 Å². The van der Waals surface area contributed by atoms with Crippen LogP contribution in [0.4, 0.5) is 10.7 Å². The summed E-state index contributed by atoms with van der Waals surface area (Å²) in [7, 11) is 0. The number of carboxylic acid groups (broad SMARTS) is 1. The van der Waals surface area contributed by atoms with Crippen molar-refractivity contribution in [1.82, 2.24) is 0 Å². The van der Waals surface area contributed by atoms with Crippen LogP contribution in [0.5, 0.6) is 0 Å². The highest BCUT2D eigenvalue weighted by Crippen LogP contribution is 2.40. The quantitative estimate of drug-likeness (QED) is 0.143. The minimum absolute atomic E-state index is 0.00647. The summed E-state index contributed by atoms with van der Waals surface area (Å²) in [5, 5.41) is 15.4. The molecule has 0 radical (unpaired) electrons. The highest BCUT2D eigenvalue weighted by molar-refractivity contribution is 7.99. The minimum Gasteiger partial charge on any atom is -0.478 e. The Balaban J connectivity index is 1.46. The zero-order chi connectivity index (χ0) is 32.7. The third-order valence-corrected chi connectivity index (χ3v) is 8.53. The average molecular weight is 647 g/mol. The van der Waals surface area contributed by atoms with E-state index in [0.717, 1.165) is 32.2 Å². The molecule has 45 heavy (non-hydrogen) atoms. The van der Waals surface area contributed by atoms with Gasteiger partial charge < -0.3 is 25.2 Å². The number of aromatic carboxylic acids is 1. The van der Waals surface area contributed by atoms with Gasteiger partial charge in [-0.2, -0.15) is 0 Å². The van der Waals surface area contributed by atoms with Crippen molar-refractivity contribution >= 4 is 57.5 Å². The molecule has 0 saturated carbocycles. The zero-order valence-electron chi connectivity index (χ0n) is 25.6. The first-order chi connectivity index (χ1) is 21.3. The lowest BCUT2D eigenvalue weighted by molar-refractivity contribution is -0.125. The first kappa shape index (κ1) is 33.4. The Labute approximate surface area is 270 Å². The molecule has 0 aliphatic rings. The Hall–Kier alpha value is -4.45. The second-order valence-corrected chi connectivity index (χ2v) is 13.4. The largest absolute Gasteiger partial charge is 0.478 e. The lowest BCUT2D eigenvalue weighted by Gasteiger charge is -2.23. The molecule has 3 N–H and O–H groups in total. The number of hydrogen-bond acceptors (Lipinski definition) is 8. The van der Waals surface area contributed by atoms with E-state index in [4.69, 9.17) is 9.47 Å². The van der Waals surface area contributed by atoms with Crippen LogP contribution in [-0.2, 0) is 19.1 Å². The maximum atomic E-state index is 13.4. The number of aryl methyl sites for hydroxylation is 2. The number of rotatable bonds is 11. The SMILES string of the molecule is Cc1ccc(NC(=O)COCC(=O)Nc2sc(C)c(-c3ccccc3)c2C(=O)O)c(C(=O)OC(C)(C)C)c1Sc1ccccc1. The first-order valence-corrected chi connectivity index (χ1v) is 15.7. The normalized spacial score (nSPS) is 11.1. The number of amides is 2. The van der Waals surface area contributed by atoms with Crippen LogP contribution in [0.1, 0.15) is 51.9 Å². The van der Waals surface area contributed by atoms with Gasteiger partial charge in [-0.3, -0.25) is 9.59 Å². The maximum absolute atomic E-state index is 13.4. The van der Waals surface area contributed by atoms with Crippen molar-refractivity contribution in [2.75, 3.05) is 23.8 Å². The molecule has 0 bridgehead atoms. The molecular weight excluding hydrogens is 613 g/mol. The van der Waals surface area contributed by atoms with Crippen molar-refractivity contribution in [2.45, 2.75) is 50.0 Å². The van der Waals surface area contributed by atoms with Crippen molar-refractivity contribution in [1.29, 1.82) is 0 Å².